The Morgan fingerprint density at radius 1 is 1.70 bits per heavy atom. The van der Waals surface area contributed by atoms with Crippen LogP contribution in [-0.2, 0) is 9.53 Å². The molecule has 10 heavy (non-hydrogen) atoms. The summed E-state index contributed by atoms with van der Waals surface area (Å²) in [6, 6.07) is 0. The fraction of sp³-hybridized carbons (Fsp3) is 0.571. The van der Waals surface area contributed by atoms with Gasteiger partial charge in [0.25, 0.3) is 0 Å². The van der Waals surface area contributed by atoms with E-state index in [-0.39, 0.29) is 20.7 Å². The van der Waals surface area contributed by atoms with Gasteiger partial charge in [0, 0.05) is 6.08 Å². The minimum absolute atomic E-state index is 0.217. The molecule has 58 valence electrons. The Morgan fingerprint density at radius 3 is 2.50 bits per heavy atom. The number of ether oxygens (including phenoxy) is 1. The van der Waals surface area contributed by atoms with E-state index in [1.807, 2.05) is 13.8 Å². The summed E-state index contributed by atoms with van der Waals surface area (Å²) in [5.74, 6) is -0.320. The zero-order chi connectivity index (χ0) is 8.20. The predicted octanol–water partition coefficient (Wildman–Crippen LogP) is 0.669. The molecule has 0 aliphatic rings. The molecule has 2 nitrogen and oxygen atoms in total. The molecule has 0 spiro atoms. The van der Waals surface area contributed by atoms with Gasteiger partial charge in [0.1, 0.15) is 0 Å². The summed E-state index contributed by atoms with van der Waals surface area (Å²) >= 11 is 0. The highest BCUT2D eigenvalue weighted by molar-refractivity contribution is 6.37. The van der Waals surface area contributed by atoms with Gasteiger partial charge in [-0.3, -0.25) is 0 Å². The molecule has 0 N–H and O–H groups in total. The molecule has 0 bridgehead atoms. The average molecular weight is 158 g/mol. The predicted molar refractivity (Wildman–Crippen MR) is 44.8 cm³/mol. The second kappa shape index (κ2) is 3.56. The van der Waals surface area contributed by atoms with E-state index in [9.17, 15) is 4.79 Å². The lowest BCUT2D eigenvalue weighted by molar-refractivity contribution is -0.144. The molecule has 3 heteroatoms. The molecule has 0 heterocycles. The third kappa shape index (κ3) is 3.45. The van der Waals surface area contributed by atoms with Crippen molar-refractivity contribution in [3.63, 3.8) is 0 Å². The van der Waals surface area contributed by atoms with Gasteiger partial charge in [-0.1, -0.05) is 13.1 Å². The molecular weight excluding hydrogens is 144 g/mol. The third-order valence-corrected chi connectivity index (χ3v) is 3.24. The first-order valence-corrected chi connectivity index (χ1v) is 5.49. The molecule has 0 aromatic rings. The first-order valence-electron chi connectivity index (χ1n) is 3.37. The Balaban J connectivity index is 3.87. The van der Waals surface area contributed by atoms with Gasteiger partial charge in [-0.2, -0.15) is 0 Å². The van der Waals surface area contributed by atoms with Gasteiger partial charge in [0.15, 0.2) is 0 Å². The van der Waals surface area contributed by atoms with Crippen LogP contribution in [0.1, 0.15) is 13.8 Å². The molecule has 0 atom stereocenters. The Bertz CT molecular complexity index is 141. The lowest BCUT2D eigenvalue weighted by Gasteiger charge is -2.21. The van der Waals surface area contributed by atoms with Crippen LogP contribution in [0.3, 0.4) is 0 Å². The van der Waals surface area contributed by atoms with Crippen molar-refractivity contribution >= 4 is 15.5 Å². The molecule has 0 unspecified atom stereocenters. The summed E-state index contributed by atoms with van der Waals surface area (Å²) in [7, 11) is -0.301. The van der Waals surface area contributed by atoms with E-state index >= 15 is 0 Å². The van der Waals surface area contributed by atoms with Gasteiger partial charge in [0.05, 0.1) is 14.7 Å². The summed E-state index contributed by atoms with van der Waals surface area (Å²) < 4.78 is 5.04. The van der Waals surface area contributed by atoms with Crippen LogP contribution in [0.2, 0.25) is 6.55 Å². The average Bonchev–Trinajstić information content (AvgIpc) is 1.87. The fourth-order valence-electron chi connectivity index (χ4n) is 0.386. The summed E-state index contributed by atoms with van der Waals surface area (Å²) in [5.41, 5.74) is 0. The zero-order valence-corrected chi connectivity index (χ0v) is 8.22. The Morgan fingerprint density at radius 2 is 2.20 bits per heavy atom. The molecule has 0 aromatic heterocycles. The number of esters is 1. The van der Waals surface area contributed by atoms with E-state index in [0.717, 1.165) is 0 Å². The van der Waals surface area contributed by atoms with Crippen LogP contribution in [0.25, 0.3) is 0 Å². The zero-order valence-electron chi connectivity index (χ0n) is 6.81. The lowest BCUT2D eigenvalue weighted by atomic mass is 10.4. The van der Waals surface area contributed by atoms with Gasteiger partial charge >= 0.3 is 5.97 Å². The highest BCUT2D eigenvalue weighted by Gasteiger charge is 2.18. The number of rotatable bonds is 3. The molecular formula is C7H14O2Si. The van der Waals surface area contributed by atoms with Gasteiger partial charge in [-0.05, 0) is 13.8 Å². The molecule has 0 radical (unpaired) electrons. The maximum Gasteiger partial charge on any atom is 0.330 e. The van der Waals surface area contributed by atoms with Crippen LogP contribution in [0.4, 0.5) is 0 Å². The van der Waals surface area contributed by atoms with E-state index in [1.54, 1.807) is 0 Å². The SMILES string of the molecule is C=CC(=O)OC(C)(C)[SiH2]C. The van der Waals surface area contributed by atoms with E-state index in [0.29, 0.717) is 0 Å². The van der Waals surface area contributed by atoms with Gasteiger partial charge in [-0.15, -0.1) is 0 Å². The highest BCUT2D eigenvalue weighted by atomic mass is 28.2. The lowest BCUT2D eigenvalue weighted by Crippen LogP contribution is -2.32. The molecule has 0 amide bonds. The van der Waals surface area contributed by atoms with Crippen molar-refractivity contribution in [2.75, 3.05) is 0 Å². The van der Waals surface area contributed by atoms with Crippen molar-refractivity contribution in [1.29, 1.82) is 0 Å². The van der Waals surface area contributed by atoms with Crippen molar-refractivity contribution in [2.24, 2.45) is 0 Å². The number of hydrogen-bond donors (Lipinski definition) is 0. The Hall–Kier alpha value is -0.573. The maximum absolute atomic E-state index is 10.7. The Labute approximate surface area is 64.1 Å². The number of carbonyl (C=O) groups excluding carboxylic acids is 1. The first-order chi connectivity index (χ1) is 4.52. The first kappa shape index (κ1) is 9.43. The van der Waals surface area contributed by atoms with E-state index in [2.05, 4.69) is 13.1 Å². The number of hydrogen-bond acceptors (Lipinski definition) is 2. The summed E-state index contributed by atoms with van der Waals surface area (Å²) in [6.07, 6.45) is 1.20. The molecule has 0 rings (SSSR count). The molecule has 0 fully saturated rings. The van der Waals surface area contributed by atoms with Crippen LogP contribution in [0.5, 0.6) is 0 Å². The molecule has 0 saturated carbocycles. The van der Waals surface area contributed by atoms with Crippen molar-refractivity contribution < 1.29 is 9.53 Å². The number of carbonyl (C=O) groups is 1. The Kier molecular flexibility index (Phi) is 3.36. The van der Waals surface area contributed by atoms with Gasteiger partial charge in [0.2, 0.25) is 0 Å². The van der Waals surface area contributed by atoms with E-state index in [4.69, 9.17) is 4.74 Å². The van der Waals surface area contributed by atoms with Crippen LogP contribution in [-0.4, -0.2) is 20.7 Å². The maximum atomic E-state index is 10.7. The van der Waals surface area contributed by atoms with Gasteiger partial charge in [-0.25, -0.2) is 4.79 Å². The van der Waals surface area contributed by atoms with Crippen molar-refractivity contribution in [1.82, 2.24) is 0 Å². The summed E-state index contributed by atoms with van der Waals surface area (Å²) in [4.78, 5) is 10.7. The fourth-order valence-corrected chi connectivity index (χ4v) is 0.673. The van der Waals surface area contributed by atoms with Crippen LogP contribution < -0.4 is 0 Å². The quantitative estimate of drug-likeness (QED) is 0.343. The largest absolute Gasteiger partial charge is 0.461 e. The van der Waals surface area contributed by atoms with E-state index in [1.165, 1.54) is 6.08 Å². The standard InChI is InChI=1S/C7H14O2Si/c1-5-6(8)9-7(2,3)10-4/h5H,1,10H2,2-4H3. The topological polar surface area (TPSA) is 26.3 Å². The normalized spacial score (nSPS) is 11.9. The van der Waals surface area contributed by atoms with Crippen molar-refractivity contribution in [2.45, 2.75) is 25.6 Å². The van der Waals surface area contributed by atoms with E-state index < -0.39 is 0 Å². The second-order valence-corrected chi connectivity index (χ2v) is 5.15. The molecule has 0 saturated heterocycles. The third-order valence-electron chi connectivity index (χ3n) is 1.39. The van der Waals surface area contributed by atoms with Crippen LogP contribution >= 0.6 is 0 Å². The van der Waals surface area contributed by atoms with Crippen LogP contribution in [0, 0.1) is 0 Å². The molecule has 0 aromatic carbocycles. The summed E-state index contributed by atoms with van der Waals surface area (Å²) in [6.45, 7) is 9.29. The van der Waals surface area contributed by atoms with Crippen molar-refractivity contribution in [3.8, 4) is 0 Å². The second-order valence-electron chi connectivity index (χ2n) is 2.74. The minimum atomic E-state index is -0.320. The van der Waals surface area contributed by atoms with Crippen LogP contribution in [0.15, 0.2) is 12.7 Å². The van der Waals surface area contributed by atoms with Crippen molar-refractivity contribution in [3.05, 3.63) is 12.7 Å². The monoisotopic (exact) mass is 158 g/mol. The molecule has 0 aliphatic carbocycles. The van der Waals surface area contributed by atoms with Gasteiger partial charge < -0.3 is 4.74 Å². The smallest absolute Gasteiger partial charge is 0.330 e. The highest BCUT2D eigenvalue weighted by Crippen LogP contribution is 2.06. The molecule has 0 aliphatic heterocycles. The summed E-state index contributed by atoms with van der Waals surface area (Å²) in [5, 5.41) is -0.217. The minimum Gasteiger partial charge on any atom is -0.461 e.